The van der Waals surface area contributed by atoms with Crippen molar-refractivity contribution < 1.29 is 19.1 Å². The topological polar surface area (TPSA) is 72.8 Å². The largest absolute Gasteiger partial charge is 0.466 e. The van der Waals surface area contributed by atoms with Gasteiger partial charge in [0.2, 0.25) is 6.08 Å². The van der Waals surface area contributed by atoms with Crippen molar-refractivity contribution in [2.45, 2.75) is 19.8 Å². The Morgan fingerprint density at radius 3 is 2.44 bits per heavy atom. The minimum Gasteiger partial charge on any atom is -0.466 e. The van der Waals surface area contributed by atoms with Crippen LogP contribution in [0.5, 0.6) is 0 Å². The van der Waals surface area contributed by atoms with E-state index in [0.717, 1.165) is 0 Å². The molecule has 0 aliphatic heterocycles. The van der Waals surface area contributed by atoms with Crippen LogP contribution in [0.1, 0.15) is 30.1 Å². The van der Waals surface area contributed by atoms with Gasteiger partial charge in [0.05, 0.1) is 18.7 Å². The Labute approximate surface area is 104 Å². The summed E-state index contributed by atoms with van der Waals surface area (Å²) in [4.78, 5) is 36.2. The zero-order valence-electron chi connectivity index (χ0n) is 10.0. The van der Waals surface area contributed by atoms with Crippen LogP contribution in [0.3, 0.4) is 0 Å². The van der Waals surface area contributed by atoms with E-state index in [1.807, 2.05) is 0 Å². The Morgan fingerprint density at radius 1 is 1.22 bits per heavy atom. The lowest BCUT2D eigenvalue weighted by molar-refractivity contribution is -0.143. The number of ether oxygens (including phenoxy) is 1. The van der Waals surface area contributed by atoms with Crippen molar-refractivity contribution in [3.63, 3.8) is 0 Å². The monoisotopic (exact) mass is 247 g/mol. The highest BCUT2D eigenvalue weighted by Gasteiger charge is 2.09. The smallest absolute Gasteiger partial charge is 0.306 e. The van der Waals surface area contributed by atoms with Gasteiger partial charge < -0.3 is 4.74 Å². The van der Waals surface area contributed by atoms with E-state index in [1.54, 1.807) is 31.2 Å². The first kappa shape index (κ1) is 13.8. The summed E-state index contributed by atoms with van der Waals surface area (Å²) in [7, 11) is 0. The molecule has 0 saturated heterocycles. The van der Waals surface area contributed by atoms with Gasteiger partial charge in [0.1, 0.15) is 0 Å². The third kappa shape index (κ3) is 4.31. The molecule has 1 aromatic rings. The summed E-state index contributed by atoms with van der Waals surface area (Å²) in [5.41, 5.74) is 0.913. The summed E-state index contributed by atoms with van der Waals surface area (Å²) >= 11 is 0. The molecule has 0 spiro atoms. The first-order valence-corrected chi connectivity index (χ1v) is 5.54. The molecular formula is C13H13NO4. The molecule has 0 saturated carbocycles. The number of carbonyl (C=O) groups is 2. The van der Waals surface area contributed by atoms with Crippen molar-refractivity contribution >= 4 is 23.5 Å². The fraction of sp³-hybridized carbons (Fsp3) is 0.308. The number of isocyanates is 1. The van der Waals surface area contributed by atoms with Crippen molar-refractivity contribution in [1.82, 2.24) is 0 Å². The molecule has 0 bridgehead atoms. The van der Waals surface area contributed by atoms with E-state index in [1.165, 1.54) is 6.08 Å². The number of aliphatic imine (C=N–C) groups is 1. The van der Waals surface area contributed by atoms with Crippen molar-refractivity contribution in [2.75, 3.05) is 6.61 Å². The number of benzene rings is 1. The molecule has 0 heterocycles. The Morgan fingerprint density at radius 2 is 1.89 bits per heavy atom. The third-order valence-corrected chi connectivity index (χ3v) is 2.23. The number of carbonyl (C=O) groups excluding carboxylic acids is 3. The summed E-state index contributed by atoms with van der Waals surface area (Å²) in [5.74, 6) is -0.530. The summed E-state index contributed by atoms with van der Waals surface area (Å²) in [6.45, 7) is 2.03. The van der Waals surface area contributed by atoms with Crippen LogP contribution in [0.25, 0.3) is 0 Å². The van der Waals surface area contributed by atoms with Gasteiger partial charge in [-0.3, -0.25) is 9.59 Å². The highest BCUT2D eigenvalue weighted by Crippen LogP contribution is 2.14. The standard InChI is InChI=1S/C13H13NO4/c1-2-18-13(17)8-7-12(16)10-3-5-11(6-4-10)14-9-15/h3-6H,2,7-8H2,1H3. The molecule has 5 heteroatoms. The molecule has 0 amide bonds. The number of hydrogen-bond donors (Lipinski definition) is 0. The van der Waals surface area contributed by atoms with E-state index < -0.39 is 0 Å². The van der Waals surface area contributed by atoms with Crippen LogP contribution in [0, 0.1) is 0 Å². The Bertz CT molecular complexity index is 472. The van der Waals surface area contributed by atoms with Gasteiger partial charge >= 0.3 is 5.97 Å². The predicted molar refractivity (Wildman–Crippen MR) is 64.4 cm³/mol. The highest BCUT2D eigenvalue weighted by molar-refractivity contribution is 5.97. The highest BCUT2D eigenvalue weighted by atomic mass is 16.5. The maximum absolute atomic E-state index is 11.7. The Kier molecular flexibility index (Phi) is 5.48. The van der Waals surface area contributed by atoms with Gasteiger partial charge in [0, 0.05) is 12.0 Å². The molecule has 0 aromatic heterocycles. The van der Waals surface area contributed by atoms with Crippen molar-refractivity contribution in [3.05, 3.63) is 29.8 Å². The lowest BCUT2D eigenvalue weighted by Gasteiger charge is -2.02. The molecule has 0 aliphatic carbocycles. The number of esters is 1. The number of ketones is 1. The van der Waals surface area contributed by atoms with Crippen LogP contribution in [-0.4, -0.2) is 24.4 Å². The van der Waals surface area contributed by atoms with Gasteiger partial charge in [-0.05, 0) is 31.2 Å². The SMILES string of the molecule is CCOC(=O)CCC(=O)c1ccc(N=C=O)cc1. The van der Waals surface area contributed by atoms with Gasteiger partial charge in [-0.15, -0.1) is 0 Å². The zero-order chi connectivity index (χ0) is 13.4. The van der Waals surface area contributed by atoms with Crippen molar-refractivity contribution in [2.24, 2.45) is 4.99 Å². The van der Waals surface area contributed by atoms with Gasteiger partial charge in [0.25, 0.3) is 0 Å². The molecule has 0 unspecified atom stereocenters. The third-order valence-electron chi connectivity index (χ3n) is 2.23. The molecule has 18 heavy (non-hydrogen) atoms. The molecule has 0 atom stereocenters. The summed E-state index contributed by atoms with van der Waals surface area (Å²) in [6, 6.07) is 6.21. The van der Waals surface area contributed by atoms with Gasteiger partial charge in [-0.1, -0.05) is 0 Å². The first-order valence-electron chi connectivity index (χ1n) is 5.54. The van der Waals surface area contributed by atoms with Crippen molar-refractivity contribution in [1.29, 1.82) is 0 Å². The van der Waals surface area contributed by atoms with Crippen LogP contribution in [0.2, 0.25) is 0 Å². The van der Waals surface area contributed by atoms with E-state index in [0.29, 0.717) is 17.9 Å². The predicted octanol–water partition coefficient (Wildman–Crippen LogP) is 2.18. The maximum Gasteiger partial charge on any atom is 0.306 e. The minimum atomic E-state index is -0.381. The van der Waals surface area contributed by atoms with Gasteiger partial charge in [0.15, 0.2) is 5.78 Å². The van der Waals surface area contributed by atoms with Crippen LogP contribution < -0.4 is 0 Å². The van der Waals surface area contributed by atoms with Crippen LogP contribution in [0.15, 0.2) is 29.3 Å². The normalized spacial score (nSPS) is 9.39. The lowest BCUT2D eigenvalue weighted by Crippen LogP contribution is -2.07. The molecule has 1 rings (SSSR count). The van der Waals surface area contributed by atoms with Crippen LogP contribution in [0.4, 0.5) is 5.69 Å². The maximum atomic E-state index is 11.7. The fourth-order valence-corrected chi connectivity index (χ4v) is 1.37. The number of rotatable bonds is 6. The second kappa shape index (κ2) is 7.14. The molecule has 5 nitrogen and oxygen atoms in total. The van der Waals surface area contributed by atoms with E-state index in [4.69, 9.17) is 4.74 Å². The van der Waals surface area contributed by atoms with Crippen LogP contribution in [-0.2, 0) is 14.3 Å². The van der Waals surface area contributed by atoms with E-state index in [-0.39, 0.29) is 24.6 Å². The number of hydrogen-bond acceptors (Lipinski definition) is 5. The Balaban J connectivity index is 2.56. The summed E-state index contributed by atoms with van der Waals surface area (Å²) < 4.78 is 4.73. The fourth-order valence-electron chi connectivity index (χ4n) is 1.37. The molecule has 0 N–H and O–H groups in total. The molecule has 1 aromatic carbocycles. The molecule has 0 radical (unpaired) electrons. The summed E-state index contributed by atoms with van der Waals surface area (Å²) in [6.07, 6.45) is 1.59. The quantitative estimate of drug-likeness (QED) is 0.334. The number of nitrogens with zero attached hydrogens (tertiary/aromatic N) is 1. The lowest BCUT2D eigenvalue weighted by atomic mass is 10.1. The minimum absolute atomic E-state index is 0.0704. The second-order valence-electron chi connectivity index (χ2n) is 3.48. The van der Waals surface area contributed by atoms with Crippen LogP contribution >= 0.6 is 0 Å². The average molecular weight is 247 g/mol. The van der Waals surface area contributed by atoms with E-state index >= 15 is 0 Å². The zero-order valence-corrected chi connectivity index (χ0v) is 10.0. The molecule has 0 fully saturated rings. The molecular weight excluding hydrogens is 234 g/mol. The summed E-state index contributed by atoms with van der Waals surface area (Å²) in [5, 5.41) is 0. The molecule has 0 aliphatic rings. The second-order valence-corrected chi connectivity index (χ2v) is 3.48. The van der Waals surface area contributed by atoms with E-state index in [2.05, 4.69) is 4.99 Å². The number of Topliss-reactive ketones (excluding diaryl/α,β-unsaturated/α-hetero) is 1. The Hall–Kier alpha value is -2.26. The van der Waals surface area contributed by atoms with Gasteiger partial charge in [-0.25, -0.2) is 4.79 Å². The van der Waals surface area contributed by atoms with Gasteiger partial charge in [-0.2, -0.15) is 4.99 Å². The molecule has 94 valence electrons. The van der Waals surface area contributed by atoms with Crippen molar-refractivity contribution in [3.8, 4) is 0 Å². The average Bonchev–Trinajstić information content (AvgIpc) is 2.37. The first-order chi connectivity index (χ1) is 8.67. The van der Waals surface area contributed by atoms with E-state index in [9.17, 15) is 14.4 Å².